The first-order chi connectivity index (χ1) is 22.9. The third kappa shape index (κ3) is 5.21. The van der Waals surface area contributed by atoms with Crippen LogP contribution in [0.2, 0.25) is 0 Å². The molecule has 8 aromatic rings. The monoisotopic (exact) mass is 609 g/mol. The summed E-state index contributed by atoms with van der Waals surface area (Å²) in [6.07, 6.45) is 0. The number of rotatable bonds is 5. The molecule has 0 unspecified atom stereocenters. The van der Waals surface area contributed by atoms with Gasteiger partial charge in [0.05, 0.1) is 16.7 Å². The topological polar surface area (TPSA) is 82.3 Å². The molecule has 0 fully saturated rings. The summed E-state index contributed by atoms with van der Waals surface area (Å²) >= 11 is 0. The molecule has 0 amide bonds. The fourth-order valence-electron chi connectivity index (χ4n) is 6.43. The van der Waals surface area contributed by atoms with Crippen molar-refractivity contribution in [2.45, 2.75) is 27.7 Å². The van der Waals surface area contributed by atoms with Gasteiger partial charge < -0.3 is 4.57 Å². The molecule has 3 aromatic heterocycles. The van der Waals surface area contributed by atoms with E-state index < -0.39 is 0 Å². The Hall–Kier alpha value is -6.08. The number of benzene rings is 5. The van der Waals surface area contributed by atoms with E-state index >= 15 is 0 Å². The van der Waals surface area contributed by atoms with Crippen LogP contribution in [-0.2, 0) is 0 Å². The van der Waals surface area contributed by atoms with E-state index in [0.717, 1.165) is 50.1 Å². The minimum Gasteiger partial charge on any atom is -0.308 e. The summed E-state index contributed by atoms with van der Waals surface area (Å²) in [6.45, 7) is 7.58. The van der Waals surface area contributed by atoms with E-state index in [2.05, 4.69) is 128 Å². The summed E-state index contributed by atoms with van der Waals surface area (Å²) in [5.74, 6) is 3.89. The molecule has 0 bridgehead atoms. The van der Waals surface area contributed by atoms with Crippen LogP contribution in [0.1, 0.15) is 23.3 Å². The zero-order valence-electron chi connectivity index (χ0n) is 26.6. The summed E-state index contributed by atoms with van der Waals surface area (Å²) < 4.78 is 2.35. The number of hydrogen-bond donors (Lipinski definition) is 0. The molecule has 0 saturated heterocycles. The molecule has 0 atom stereocenters. The fraction of sp³-hybridized carbons (Fsp3) is 0.100. The van der Waals surface area contributed by atoms with Crippen molar-refractivity contribution in [2.75, 3.05) is 0 Å². The largest absolute Gasteiger partial charge is 0.308 e. The van der Waals surface area contributed by atoms with E-state index in [0.29, 0.717) is 34.9 Å². The van der Waals surface area contributed by atoms with Crippen molar-refractivity contribution in [3.63, 3.8) is 0 Å². The normalized spacial score (nSPS) is 11.4. The highest BCUT2D eigenvalue weighted by atomic mass is 15.0. The molecule has 47 heavy (non-hydrogen) atoms. The third-order valence-corrected chi connectivity index (χ3v) is 8.44. The highest BCUT2D eigenvalue weighted by Gasteiger charge is 2.20. The van der Waals surface area contributed by atoms with Gasteiger partial charge in [-0.25, -0.2) is 29.9 Å². The van der Waals surface area contributed by atoms with Gasteiger partial charge in [0, 0.05) is 21.9 Å². The van der Waals surface area contributed by atoms with Crippen molar-refractivity contribution < 1.29 is 0 Å². The lowest BCUT2D eigenvalue weighted by atomic mass is 10.0. The van der Waals surface area contributed by atoms with Crippen LogP contribution in [0.3, 0.4) is 0 Å². The maximum Gasteiger partial charge on any atom is 0.165 e. The van der Waals surface area contributed by atoms with Gasteiger partial charge in [-0.1, -0.05) is 84.9 Å². The lowest BCUT2D eigenvalue weighted by molar-refractivity contribution is 0.924. The highest BCUT2D eigenvalue weighted by Crippen LogP contribution is 2.40. The van der Waals surface area contributed by atoms with E-state index in [1.807, 2.05) is 39.8 Å². The molecule has 0 saturated carbocycles. The van der Waals surface area contributed by atoms with Gasteiger partial charge in [0.25, 0.3) is 0 Å². The Morgan fingerprint density at radius 3 is 1.32 bits per heavy atom. The lowest BCUT2D eigenvalue weighted by Gasteiger charge is -2.16. The number of aryl methyl sites for hydroxylation is 4. The Kier molecular flexibility index (Phi) is 6.87. The van der Waals surface area contributed by atoms with Crippen molar-refractivity contribution in [3.05, 3.63) is 139 Å². The van der Waals surface area contributed by atoms with Crippen LogP contribution >= 0.6 is 0 Å². The van der Waals surface area contributed by atoms with Gasteiger partial charge in [0.2, 0.25) is 0 Å². The first-order valence-electron chi connectivity index (χ1n) is 15.6. The van der Waals surface area contributed by atoms with Crippen molar-refractivity contribution >= 4 is 21.8 Å². The van der Waals surface area contributed by atoms with Crippen LogP contribution in [0.25, 0.3) is 72.5 Å². The highest BCUT2D eigenvalue weighted by molar-refractivity contribution is 6.11. The molecule has 226 valence electrons. The molecule has 3 heterocycles. The van der Waals surface area contributed by atoms with Crippen LogP contribution in [0.5, 0.6) is 0 Å². The van der Waals surface area contributed by atoms with Crippen molar-refractivity contribution in [3.8, 4) is 50.7 Å². The van der Waals surface area contributed by atoms with E-state index in [4.69, 9.17) is 9.97 Å². The van der Waals surface area contributed by atoms with Crippen molar-refractivity contribution in [1.29, 1.82) is 0 Å². The van der Waals surface area contributed by atoms with Gasteiger partial charge in [-0.3, -0.25) is 0 Å². The molecule has 0 aliphatic heterocycles. The zero-order chi connectivity index (χ0) is 32.1. The lowest BCUT2D eigenvalue weighted by Crippen LogP contribution is -2.04. The summed E-state index contributed by atoms with van der Waals surface area (Å²) in [5, 5.41) is 2.34. The molecule has 0 radical (unpaired) electrons. The van der Waals surface area contributed by atoms with Crippen molar-refractivity contribution in [2.24, 2.45) is 0 Å². The smallest absolute Gasteiger partial charge is 0.165 e. The maximum absolute atomic E-state index is 4.85. The van der Waals surface area contributed by atoms with Gasteiger partial charge in [0.15, 0.2) is 11.6 Å². The Morgan fingerprint density at radius 1 is 0.383 bits per heavy atom. The zero-order valence-corrected chi connectivity index (χ0v) is 26.6. The van der Waals surface area contributed by atoms with E-state index in [1.165, 1.54) is 10.8 Å². The number of fused-ring (bicyclic) bond motifs is 3. The average Bonchev–Trinajstić information content (AvgIpc) is 3.40. The van der Waals surface area contributed by atoms with E-state index in [-0.39, 0.29) is 0 Å². The predicted octanol–water partition coefficient (Wildman–Crippen LogP) is 9.06. The summed E-state index contributed by atoms with van der Waals surface area (Å²) in [6, 6.07) is 40.8. The second-order valence-corrected chi connectivity index (χ2v) is 11.8. The second kappa shape index (κ2) is 11.4. The number of nitrogens with zero attached hydrogens (tertiary/aromatic N) is 7. The third-order valence-electron chi connectivity index (χ3n) is 8.44. The SMILES string of the molecule is Cc1nc(C)nc(-c2ccc(-n3c4cc(-c5ccccc5)ccc4c4ccc(-c5ccccc5)cc43)c(-c3nc(C)nc(C)n3)c2)n1. The van der Waals surface area contributed by atoms with Crippen LogP contribution in [0.4, 0.5) is 0 Å². The van der Waals surface area contributed by atoms with Crippen LogP contribution < -0.4 is 0 Å². The summed E-state index contributed by atoms with van der Waals surface area (Å²) in [7, 11) is 0. The minimum atomic E-state index is 0.600. The van der Waals surface area contributed by atoms with Gasteiger partial charge in [-0.15, -0.1) is 0 Å². The Bertz CT molecular complexity index is 2310. The average molecular weight is 610 g/mol. The molecule has 7 heteroatoms. The molecule has 8 rings (SSSR count). The van der Waals surface area contributed by atoms with Gasteiger partial charge >= 0.3 is 0 Å². The molecule has 0 N–H and O–H groups in total. The summed E-state index contributed by atoms with van der Waals surface area (Å²) in [5.41, 5.74) is 9.48. The molecule has 5 aromatic carbocycles. The van der Waals surface area contributed by atoms with Gasteiger partial charge in [0.1, 0.15) is 23.3 Å². The first kappa shape index (κ1) is 28.4. The van der Waals surface area contributed by atoms with Gasteiger partial charge in [-0.05, 0) is 80.3 Å². The molecular formula is C40H31N7. The Labute approximate surface area is 272 Å². The van der Waals surface area contributed by atoms with Crippen LogP contribution in [-0.4, -0.2) is 34.5 Å². The van der Waals surface area contributed by atoms with Crippen LogP contribution in [0.15, 0.2) is 115 Å². The van der Waals surface area contributed by atoms with E-state index in [1.54, 1.807) is 0 Å². The van der Waals surface area contributed by atoms with E-state index in [9.17, 15) is 0 Å². The van der Waals surface area contributed by atoms with Crippen LogP contribution in [0, 0.1) is 27.7 Å². The number of hydrogen-bond acceptors (Lipinski definition) is 6. The second-order valence-electron chi connectivity index (χ2n) is 11.8. The summed E-state index contributed by atoms with van der Waals surface area (Å²) in [4.78, 5) is 27.9. The maximum atomic E-state index is 4.85. The molecule has 7 nitrogen and oxygen atoms in total. The molecule has 0 spiro atoms. The van der Waals surface area contributed by atoms with Gasteiger partial charge in [-0.2, -0.15) is 0 Å². The quantitative estimate of drug-likeness (QED) is 0.194. The minimum absolute atomic E-state index is 0.600. The molecule has 0 aliphatic carbocycles. The number of aromatic nitrogens is 7. The molecular weight excluding hydrogens is 578 g/mol. The fourth-order valence-corrected chi connectivity index (χ4v) is 6.43. The standard InChI is InChI=1S/C40H31N7/c1-24-41-25(2)44-39(43-24)32-17-20-36(35(21-32)40-45-26(3)42-27(4)46-40)47-37-22-30(28-11-7-5-8-12-28)15-18-33(37)34-19-16-31(23-38(34)47)29-13-9-6-10-14-29/h5-23H,1-4H3. The molecule has 0 aliphatic rings. The Balaban J connectivity index is 1.47. The van der Waals surface area contributed by atoms with Crippen molar-refractivity contribution in [1.82, 2.24) is 34.5 Å². The first-order valence-corrected chi connectivity index (χ1v) is 15.6. The Morgan fingerprint density at radius 2 is 0.830 bits per heavy atom. The predicted molar refractivity (Wildman–Crippen MR) is 188 cm³/mol.